The van der Waals surface area contributed by atoms with Crippen molar-refractivity contribution in [2.45, 2.75) is 30.6 Å². The second-order valence-corrected chi connectivity index (χ2v) is 9.15. The van der Waals surface area contributed by atoms with Gasteiger partial charge in [0, 0.05) is 17.9 Å². The van der Waals surface area contributed by atoms with Crippen LogP contribution in [0.15, 0.2) is 88.8 Å². The van der Waals surface area contributed by atoms with Gasteiger partial charge in [-0.15, -0.1) is 0 Å². The fraction of sp³-hybridized carbons (Fsp3) is 0.222. The maximum Gasteiger partial charge on any atom is 0.262 e. The number of rotatable bonds is 7. The Kier molecular flexibility index (Phi) is 6.74. The lowest BCUT2D eigenvalue weighted by molar-refractivity contribution is -0.113. The summed E-state index contributed by atoms with van der Waals surface area (Å²) in [5, 5.41) is 4.13. The molecule has 0 aliphatic carbocycles. The summed E-state index contributed by atoms with van der Waals surface area (Å²) < 4.78 is 7.42. The van der Waals surface area contributed by atoms with Crippen LogP contribution in [0, 0.1) is 0 Å². The van der Waals surface area contributed by atoms with Crippen molar-refractivity contribution in [3.05, 3.63) is 89.2 Å². The third-order valence-electron chi connectivity index (χ3n) is 5.86. The van der Waals surface area contributed by atoms with Crippen molar-refractivity contribution in [3.63, 3.8) is 0 Å². The van der Waals surface area contributed by atoms with Crippen LogP contribution in [0.25, 0.3) is 22.0 Å². The first-order chi connectivity index (χ1) is 16.7. The van der Waals surface area contributed by atoms with Crippen LogP contribution in [-0.2, 0) is 16.1 Å². The van der Waals surface area contributed by atoms with Gasteiger partial charge in [0.05, 0.1) is 29.3 Å². The third-order valence-corrected chi connectivity index (χ3v) is 6.83. The molecule has 1 aliphatic heterocycles. The van der Waals surface area contributed by atoms with E-state index in [1.54, 1.807) is 10.6 Å². The molecular weight excluding hydrogens is 446 g/mol. The van der Waals surface area contributed by atoms with E-state index >= 15 is 0 Å². The standard InChI is InChI=1S/C27H25N3O3S/c31-25(28-23-14-6-4-12-21(23)19-9-2-1-3-10-19)18-34-27-29-24-15-7-5-13-22(24)26(32)30(27)17-20-11-8-16-33-20/h1-7,9-10,12-15,20H,8,11,16-18H2,(H,28,31). The molecule has 1 aliphatic rings. The zero-order valence-corrected chi connectivity index (χ0v) is 19.5. The first-order valence-electron chi connectivity index (χ1n) is 11.4. The number of hydrogen-bond acceptors (Lipinski definition) is 5. The molecule has 5 rings (SSSR count). The molecule has 1 amide bonds. The molecule has 7 heteroatoms. The second-order valence-electron chi connectivity index (χ2n) is 8.21. The number of anilines is 1. The first kappa shape index (κ1) is 22.4. The quantitative estimate of drug-likeness (QED) is 0.304. The molecule has 0 bridgehead atoms. The van der Waals surface area contributed by atoms with E-state index in [0.29, 0.717) is 29.2 Å². The fourth-order valence-electron chi connectivity index (χ4n) is 4.19. The Morgan fingerprint density at radius 3 is 2.62 bits per heavy atom. The van der Waals surface area contributed by atoms with E-state index in [0.717, 1.165) is 29.7 Å². The summed E-state index contributed by atoms with van der Waals surface area (Å²) >= 11 is 1.27. The lowest BCUT2D eigenvalue weighted by atomic mass is 10.0. The van der Waals surface area contributed by atoms with Crippen molar-refractivity contribution in [2.75, 3.05) is 17.7 Å². The van der Waals surface area contributed by atoms with Gasteiger partial charge in [0.15, 0.2) is 5.16 Å². The number of amides is 1. The summed E-state index contributed by atoms with van der Waals surface area (Å²) in [7, 11) is 0. The molecule has 172 valence electrons. The number of aromatic nitrogens is 2. The summed E-state index contributed by atoms with van der Waals surface area (Å²) in [6.45, 7) is 1.16. The van der Waals surface area contributed by atoms with Crippen molar-refractivity contribution in [1.29, 1.82) is 0 Å². The van der Waals surface area contributed by atoms with Crippen LogP contribution in [0.4, 0.5) is 5.69 Å². The highest BCUT2D eigenvalue weighted by Gasteiger charge is 2.21. The van der Waals surface area contributed by atoms with Gasteiger partial charge in [0.25, 0.3) is 5.56 Å². The molecule has 6 nitrogen and oxygen atoms in total. The molecule has 0 spiro atoms. The minimum atomic E-state index is -0.153. The van der Waals surface area contributed by atoms with E-state index in [1.807, 2.05) is 72.8 Å². The molecule has 1 unspecified atom stereocenters. The molecule has 1 fully saturated rings. The number of hydrogen-bond donors (Lipinski definition) is 1. The molecule has 1 aromatic heterocycles. The fourth-order valence-corrected chi connectivity index (χ4v) is 5.00. The highest BCUT2D eigenvalue weighted by molar-refractivity contribution is 7.99. The van der Waals surface area contributed by atoms with Crippen LogP contribution in [0.5, 0.6) is 0 Å². The number of carbonyl (C=O) groups is 1. The Morgan fingerprint density at radius 1 is 1.03 bits per heavy atom. The third kappa shape index (κ3) is 4.90. The van der Waals surface area contributed by atoms with E-state index in [9.17, 15) is 9.59 Å². The van der Waals surface area contributed by atoms with E-state index in [1.165, 1.54) is 11.8 Å². The maximum atomic E-state index is 13.2. The zero-order chi connectivity index (χ0) is 23.3. The van der Waals surface area contributed by atoms with Gasteiger partial charge in [-0.3, -0.25) is 14.2 Å². The summed E-state index contributed by atoms with van der Waals surface area (Å²) in [5.74, 6) is -0.0150. The zero-order valence-electron chi connectivity index (χ0n) is 18.6. The Labute approximate surface area is 202 Å². The Bertz CT molecular complexity index is 1360. The maximum absolute atomic E-state index is 13.2. The van der Waals surface area contributed by atoms with Crippen molar-refractivity contribution < 1.29 is 9.53 Å². The SMILES string of the molecule is O=C(CSc1nc2ccccc2c(=O)n1CC1CCCO1)Nc1ccccc1-c1ccccc1. The molecule has 2 heterocycles. The molecule has 0 radical (unpaired) electrons. The number of nitrogens with one attached hydrogen (secondary N) is 1. The number of fused-ring (bicyclic) bond motifs is 1. The normalized spacial score (nSPS) is 15.5. The lowest BCUT2D eigenvalue weighted by Gasteiger charge is -2.16. The number of para-hydroxylation sites is 2. The summed E-state index contributed by atoms with van der Waals surface area (Å²) in [6.07, 6.45) is 1.90. The van der Waals surface area contributed by atoms with Crippen LogP contribution in [0.3, 0.4) is 0 Å². The lowest BCUT2D eigenvalue weighted by Crippen LogP contribution is -2.29. The number of carbonyl (C=O) groups excluding carboxylic acids is 1. The van der Waals surface area contributed by atoms with Crippen LogP contribution >= 0.6 is 11.8 Å². The molecule has 1 N–H and O–H groups in total. The largest absolute Gasteiger partial charge is 0.376 e. The molecule has 0 saturated carbocycles. The van der Waals surface area contributed by atoms with Crippen LogP contribution < -0.4 is 10.9 Å². The average molecular weight is 472 g/mol. The molecule has 1 saturated heterocycles. The molecular formula is C27H25N3O3S. The summed E-state index contributed by atoms with van der Waals surface area (Å²) in [4.78, 5) is 30.8. The van der Waals surface area contributed by atoms with Crippen LogP contribution in [-0.4, -0.2) is 33.9 Å². The molecule has 1 atom stereocenters. The number of thioether (sulfide) groups is 1. The van der Waals surface area contributed by atoms with E-state index in [-0.39, 0.29) is 23.3 Å². The highest BCUT2D eigenvalue weighted by Crippen LogP contribution is 2.28. The number of nitrogens with zero attached hydrogens (tertiary/aromatic N) is 2. The van der Waals surface area contributed by atoms with Gasteiger partial charge in [-0.05, 0) is 36.6 Å². The van der Waals surface area contributed by atoms with Crippen LogP contribution in [0.2, 0.25) is 0 Å². The Morgan fingerprint density at radius 2 is 1.79 bits per heavy atom. The van der Waals surface area contributed by atoms with Gasteiger partial charge < -0.3 is 10.1 Å². The van der Waals surface area contributed by atoms with Gasteiger partial charge >= 0.3 is 0 Å². The van der Waals surface area contributed by atoms with Gasteiger partial charge in [-0.2, -0.15) is 0 Å². The Balaban J connectivity index is 1.37. The molecule has 34 heavy (non-hydrogen) atoms. The second kappa shape index (κ2) is 10.2. The average Bonchev–Trinajstić information content (AvgIpc) is 3.39. The topological polar surface area (TPSA) is 73.2 Å². The summed E-state index contributed by atoms with van der Waals surface area (Å²) in [5.41, 5.74) is 3.28. The van der Waals surface area contributed by atoms with Crippen molar-refractivity contribution >= 4 is 34.3 Å². The van der Waals surface area contributed by atoms with E-state index < -0.39 is 0 Å². The monoisotopic (exact) mass is 471 g/mol. The molecule has 3 aromatic carbocycles. The van der Waals surface area contributed by atoms with E-state index in [2.05, 4.69) is 5.32 Å². The van der Waals surface area contributed by atoms with Gasteiger partial charge in [0.1, 0.15) is 0 Å². The van der Waals surface area contributed by atoms with Crippen molar-refractivity contribution in [3.8, 4) is 11.1 Å². The summed E-state index contributed by atoms with van der Waals surface area (Å²) in [6, 6.07) is 25.0. The minimum absolute atomic E-state index is 0.00779. The van der Waals surface area contributed by atoms with Gasteiger partial charge in [-0.25, -0.2) is 4.98 Å². The Hall–Kier alpha value is -3.42. The van der Waals surface area contributed by atoms with Crippen molar-refractivity contribution in [1.82, 2.24) is 9.55 Å². The highest BCUT2D eigenvalue weighted by atomic mass is 32.2. The smallest absolute Gasteiger partial charge is 0.262 e. The van der Waals surface area contributed by atoms with E-state index in [4.69, 9.17) is 9.72 Å². The van der Waals surface area contributed by atoms with Gasteiger partial charge in [0.2, 0.25) is 5.91 Å². The van der Waals surface area contributed by atoms with Crippen LogP contribution in [0.1, 0.15) is 12.8 Å². The predicted octanol–water partition coefficient (Wildman–Crippen LogP) is 4.97. The van der Waals surface area contributed by atoms with Crippen molar-refractivity contribution in [2.24, 2.45) is 0 Å². The first-order valence-corrected chi connectivity index (χ1v) is 12.4. The minimum Gasteiger partial charge on any atom is -0.376 e. The number of benzene rings is 3. The predicted molar refractivity (Wildman–Crippen MR) is 136 cm³/mol. The number of ether oxygens (including phenoxy) is 1. The molecule has 4 aromatic rings. The van der Waals surface area contributed by atoms with Gasteiger partial charge in [-0.1, -0.05) is 72.4 Å².